The molecule has 7 heteroatoms. The van der Waals surface area contributed by atoms with Gasteiger partial charge in [-0.25, -0.2) is 4.79 Å². The maximum atomic E-state index is 13.0. The van der Waals surface area contributed by atoms with Crippen LogP contribution < -0.4 is 5.32 Å². The van der Waals surface area contributed by atoms with Gasteiger partial charge in [0.2, 0.25) is 0 Å². The number of urea groups is 1. The maximum absolute atomic E-state index is 13.0. The minimum atomic E-state index is -4.61. The van der Waals surface area contributed by atoms with E-state index in [-0.39, 0.29) is 17.3 Å². The largest absolute Gasteiger partial charge is 0.418 e. The summed E-state index contributed by atoms with van der Waals surface area (Å²) < 4.78 is 39.0. The summed E-state index contributed by atoms with van der Waals surface area (Å²) >= 11 is 5.61. The van der Waals surface area contributed by atoms with Crippen molar-refractivity contribution in [1.82, 2.24) is 4.90 Å². The van der Waals surface area contributed by atoms with E-state index >= 15 is 0 Å². The molecular formula is C16H14ClF3N2O. The summed E-state index contributed by atoms with van der Waals surface area (Å²) in [5, 5.41) is 2.22. The molecule has 0 fully saturated rings. The predicted octanol–water partition coefficient (Wildman–Crippen LogP) is 5.02. The number of hydrogen-bond donors (Lipinski definition) is 1. The molecule has 0 aromatic heterocycles. The van der Waals surface area contributed by atoms with Crippen LogP contribution in [0.5, 0.6) is 0 Å². The fourth-order valence-electron chi connectivity index (χ4n) is 2.00. The van der Waals surface area contributed by atoms with Crippen LogP contribution >= 0.6 is 11.6 Å². The average molecular weight is 343 g/mol. The smallest absolute Gasteiger partial charge is 0.323 e. The number of halogens is 4. The van der Waals surface area contributed by atoms with Gasteiger partial charge in [-0.2, -0.15) is 13.2 Å². The van der Waals surface area contributed by atoms with E-state index in [0.29, 0.717) is 0 Å². The molecule has 122 valence electrons. The predicted molar refractivity (Wildman–Crippen MR) is 83.4 cm³/mol. The molecule has 0 bridgehead atoms. The molecule has 1 N–H and O–H groups in total. The Morgan fingerprint density at radius 3 is 2.43 bits per heavy atom. The molecule has 0 atom stereocenters. The zero-order valence-corrected chi connectivity index (χ0v) is 12.9. The Labute approximate surface area is 136 Å². The van der Waals surface area contributed by atoms with E-state index in [1.54, 1.807) is 0 Å². The van der Waals surface area contributed by atoms with E-state index in [1.165, 1.54) is 18.0 Å². The van der Waals surface area contributed by atoms with Crippen LogP contribution in [0.25, 0.3) is 0 Å². The standard InChI is InChI=1S/C16H14ClF3N2O/c1-22(10-11-5-3-2-4-6-11)15(23)21-14-8-7-12(17)9-13(14)16(18,19)20/h2-9H,10H2,1H3,(H,21,23). The molecule has 3 nitrogen and oxygen atoms in total. The first-order valence-corrected chi connectivity index (χ1v) is 7.08. The topological polar surface area (TPSA) is 32.3 Å². The van der Waals surface area contributed by atoms with E-state index in [9.17, 15) is 18.0 Å². The molecule has 23 heavy (non-hydrogen) atoms. The van der Waals surface area contributed by atoms with Gasteiger partial charge in [0.25, 0.3) is 0 Å². The van der Waals surface area contributed by atoms with Crippen LogP contribution in [0.1, 0.15) is 11.1 Å². The Morgan fingerprint density at radius 1 is 1.17 bits per heavy atom. The van der Waals surface area contributed by atoms with E-state index in [4.69, 9.17) is 11.6 Å². The number of nitrogens with one attached hydrogen (secondary N) is 1. The van der Waals surface area contributed by atoms with Crippen molar-refractivity contribution in [3.05, 3.63) is 64.7 Å². The van der Waals surface area contributed by atoms with Crippen LogP contribution in [0.4, 0.5) is 23.7 Å². The van der Waals surface area contributed by atoms with Crippen LogP contribution in [0.3, 0.4) is 0 Å². The van der Waals surface area contributed by atoms with Crippen LogP contribution in [0.2, 0.25) is 5.02 Å². The second kappa shape index (κ2) is 6.91. The summed E-state index contributed by atoms with van der Waals surface area (Å²) in [7, 11) is 1.51. The zero-order valence-electron chi connectivity index (χ0n) is 12.2. The highest BCUT2D eigenvalue weighted by atomic mass is 35.5. The van der Waals surface area contributed by atoms with Crippen molar-refractivity contribution in [2.24, 2.45) is 0 Å². The molecule has 0 aliphatic heterocycles. The Balaban J connectivity index is 2.14. The number of anilines is 1. The Morgan fingerprint density at radius 2 is 1.83 bits per heavy atom. The summed E-state index contributed by atoms with van der Waals surface area (Å²) in [4.78, 5) is 13.4. The second-order valence-electron chi connectivity index (χ2n) is 4.96. The molecular weight excluding hydrogens is 329 g/mol. The third kappa shape index (κ3) is 4.63. The van der Waals surface area contributed by atoms with Crippen LogP contribution in [-0.4, -0.2) is 18.0 Å². The minimum Gasteiger partial charge on any atom is -0.323 e. The number of benzene rings is 2. The van der Waals surface area contributed by atoms with Crippen LogP contribution in [0, 0.1) is 0 Å². The minimum absolute atomic E-state index is 0.0482. The number of amides is 2. The quantitative estimate of drug-likeness (QED) is 0.834. The number of alkyl halides is 3. The summed E-state index contributed by atoms with van der Waals surface area (Å²) in [6.45, 7) is 0.279. The van der Waals surface area contributed by atoms with Crippen LogP contribution in [0.15, 0.2) is 48.5 Å². The van der Waals surface area contributed by atoms with E-state index < -0.39 is 17.8 Å². The second-order valence-corrected chi connectivity index (χ2v) is 5.40. The first-order chi connectivity index (χ1) is 10.8. The SMILES string of the molecule is CN(Cc1ccccc1)C(=O)Nc1ccc(Cl)cc1C(F)(F)F. The third-order valence-electron chi connectivity index (χ3n) is 3.14. The van der Waals surface area contributed by atoms with Gasteiger partial charge < -0.3 is 10.2 Å². The first-order valence-electron chi connectivity index (χ1n) is 6.70. The normalized spacial score (nSPS) is 11.2. The van der Waals surface area contributed by atoms with Crippen molar-refractivity contribution in [2.75, 3.05) is 12.4 Å². The highest BCUT2D eigenvalue weighted by Crippen LogP contribution is 2.36. The molecule has 0 unspecified atom stereocenters. The lowest BCUT2D eigenvalue weighted by Crippen LogP contribution is -2.31. The number of hydrogen-bond acceptors (Lipinski definition) is 1. The molecule has 2 amide bonds. The van der Waals surface area contributed by atoms with Gasteiger partial charge in [-0.3, -0.25) is 0 Å². The van der Waals surface area contributed by atoms with Gasteiger partial charge in [0.1, 0.15) is 0 Å². The van der Waals surface area contributed by atoms with Gasteiger partial charge in [-0.15, -0.1) is 0 Å². The highest BCUT2D eigenvalue weighted by Gasteiger charge is 2.34. The maximum Gasteiger partial charge on any atom is 0.418 e. The van der Waals surface area contributed by atoms with Crippen molar-refractivity contribution in [1.29, 1.82) is 0 Å². The van der Waals surface area contributed by atoms with Crippen molar-refractivity contribution >= 4 is 23.3 Å². The molecule has 0 aliphatic carbocycles. The lowest BCUT2D eigenvalue weighted by molar-refractivity contribution is -0.136. The van der Waals surface area contributed by atoms with Crippen molar-refractivity contribution in [2.45, 2.75) is 12.7 Å². The zero-order chi connectivity index (χ0) is 17.0. The lowest BCUT2D eigenvalue weighted by Gasteiger charge is -2.20. The molecule has 0 aliphatic rings. The summed E-state index contributed by atoms with van der Waals surface area (Å²) in [6.07, 6.45) is -4.61. The van der Waals surface area contributed by atoms with Gasteiger partial charge >= 0.3 is 12.2 Å². The molecule has 0 spiro atoms. The van der Waals surface area contributed by atoms with Gasteiger partial charge in [0.15, 0.2) is 0 Å². The Hall–Kier alpha value is -2.21. The number of rotatable bonds is 3. The molecule has 0 radical (unpaired) electrons. The Kier molecular flexibility index (Phi) is 5.15. The molecule has 0 heterocycles. The fourth-order valence-corrected chi connectivity index (χ4v) is 2.17. The third-order valence-corrected chi connectivity index (χ3v) is 3.37. The first kappa shape index (κ1) is 17.1. The molecule has 0 saturated carbocycles. The van der Waals surface area contributed by atoms with Crippen molar-refractivity contribution in [3.63, 3.8) is 0 Å². The molecule has 0 saturated heterocycles. The number of carbonyl (C=O) groups excluding carboxylic acids is 1. The summed E-state index contributed by atoms with van der Waals surface area (Å²) in [6, 6.07) is 11.7. The Bertz CT molecular complexity index is 689. The van der Waals surface area contributed by atoms with E-state index in [2.05, 4.69) is 5.32 Å². The van der Waals surface area contributed by atoms with Crippen LogP contribution in [-0.2, 0) is 12.7 Å². The fraction of sp³-hybridized carbons (Fsp3) is 0.188. The van der Waals surface area contributed by atoms with Gasteiger partial charge in [0, 0.05) is 18.6 Å². The molecule has 2 aromatic rings. The van der Waals surface area contributed by atoms with Crippen molar-refractivity contribution < 1.29 is 18.0 Å². The highest BCUT2D eigenvalue weighted by molar-refractivity contribution is 6.30. The van der Waals surface area contributed by atoms with E-state index in [1.807, 2.05) is 30.3 Å². The average Bonchev–Trinajstić information content (AvgIpc) is 2.49. The van der Waals surface area contributed by atoms with Gasteiger partial charge in [-0.05, 0) is 23.8 Å². The molecule has 2 aromatic carbocycles. The lowest BCUT2D eigenvalue weighted by atomic mass is 10.1. The van der Waals surface area contributed by atoms with Gasteiger partial charge in [-0.1, -0.05) is 41.9 Å². The summed E-state index contributed by atoms with van der Waals surface area (Å²) in [5.74, 6) is 0. The van der Waals surface area contributed by atoms with Crippen molar-refractivity contribution in [3.8, 4) is 0 Å². The summed E-state index contributed by atoms with van der Waals surface area (Å²) in [5.41, 5.74) is -0.435. The molecule has 2 rings (SSSR count). The number of carbonyl (C=O) groups is 1. The monoisotopic (exact) mass is 342 g/mol. The number of nitrogens with zero attached hydrogens (tertiary/aromatic N) is 1. The van der Waals surface area contributed by atoms with E-state index in [0.717, 1.165) is 17.7 Å². The van der Waals surface area contributed by atoms with Gasteiger partial charge in [0.05, 0.1) is 11.3 Å².